The highest BCUT2D eigenvalue weighted by Gasteiger charge is 2.03. The fourth-order valence-electron chi connectivity index (χ4n) is 2.51. The van der Waals surface area contributed by atoms with Gasteiger partial charge in [-0.3, -0.25) is 0 Å². The molecule has 0 spiro atoms. The Morgan fingerprint density at radius 3 is 2.45 bits per heavy atom. The number of hydrogen-bond donors (Lipinski definition) is 2. The summed E-state index contributed by atoms with van der Waals surface area (Å²) in [7, 11) is 0. The predicted molar refractivity (Wildman–Crippen MR) is 81.9 cm³/mol. The number of hydrogen-bond acceptors (Lipinski definition) is 2. The maximum absolute atomic E-state index is 9.32. The van der Waals surface area contributed by atoms with Gasteiger partial charge in [0.25, 0.3) is 0 Å². The number of phenols is 1. The van der Waals surface area contributed by atoms with Crippen molar-refractivity contribution in [3.05, 3.63) is 65.9 Å². The first-order valence-corrected chi connectivity index (χ1v) is 6.82. The molecule has 3 rings (SSSR count). The second-order valence-electron chi connectivity index (χ2n) is 5.04. The minimum atomic E-state index is 0.303. The molecule has 3 heteroatoms. The molecule has 0 radical (unpaired) electrons. The lowest BCUT2D eigenvalue weighted by Gasteiger charge is -2.07. The van der Waals surface area contributed by atoms with Gasteiger partial charge < -0.3 is 15.4 Å². The molecule has 0 saturated carbocycles. The van der Waals surface area contributed by atoms with Crippen LogP contribution in [0.3, 0.4) is 0 Å². The molecule has 20 heavy (non-hydrogen) atoms. The molecule has 102 valence electrons. The topological polar surface area (TPSA) is 51.2 Å². The number of aromatic nitrogens is 1. The highest BCUT2D eigenvalue weighted by Crippen LogP contribution is 2.20. The van der Waals surface area contributed by atoms with Crippen LogP contribution in [0.4, 0.5) is 0 Å². The largest absolute Gasteiger partial charge is 0.508 e. The van der Waals surface area contributed by atoms with Gasteiger partial charge in [0, 0.05) is 18.3 Å². The van der Waals surface area contributed by atoms with Crippen molar-refractivity contribution in [1.82, 2.24) is 4.57 Å². The van der Waals surface area contributed by atoms with Crippen molar-refractivity contribution in [3.8, 4) is 5.75 Å². The summed E-state index contributed by atoms with van der Waals surface area (Å²) in [5, 5.41) is 10.6. The van der Waals surface area contributed by atoms with Crippen LogP contribution in [-0.4, -0.2) is 16.2 Å². The monoisotopic (exact) mass is 266 g/mol. The molecule has 0 aliphatic rings. The van der Waals surface area contributed by atoms with E-state index in [0.29, 0.717) is 12.3 Å². The van der Waals surface area contributed by atoms with E-state index < -0.39 is 0 Å². The summed E-state index contributed by atoms with van der Waals surface area (Å²) in [6.07, 6.45) is 3.02. The quantitative estimate of drug-likeness (QED) is 0.763. The zero-order chi connectivity index (χ0) is 13.9. The van der Waals surface area contributed by atoms with Crippen LogP contribution in [0.5, 0.6) is 5.75 Å². The molecule has 0 atom stereocenters. The van der Waals surface area contributed by atoms with Crippen LogP contribution < -0.4 is 5.73 Å². The molecule has 3 aromatic rings. The van der Waals surface area contributed by atoms with Crippen LogP contribution in [0.2, 0.25) is 0 Å². The first-order chi connectivity index (χ1) is 9.76. The molecule has 1 aromatic heterocycles. The molecule has 0 aliphatic carbocycles. The lowest BCUT2D eigenvalue weighted by Crippen LogP contribution is -2.02. The minimum Gasteiger partial charge on any atom is -0.508 e. The molecular formula is C17H18N2O. The Morgan fingerprint density at radius 1 is 0.950 bits per heavy atom. The van der Waals surface area contributed by atoms with E-state index in [1.165, 1.54) is 22.0 Å². The van der Waals surface area contributed by atoms with Crippen LogP contribution in [-0.2, 0) is 13.0 Å². The zero-order valence-electron chi connectivity index (χ0n) is 11.3. The molecule has 1 heterocycles. The summed E-state index contributed by atoms with van der Waals surface area (Å²) in [5.41, 5.74) is 9.27. The molecule has 3 N–H and O–H groups in total. The maximum Gasteiger partial charge on any atom is 0.115 e. The fourth-order valence-corrected chi connectivity index (χ4v) is 2.51. The number of nitrogens with zero attached hydrogens (tertiary/aromatic N) is 1. The highest BCUT2D eigenvalue weighted by atomic mass is 16.3. The van der Waals surface area contributed by atoms with Gasteiger partial charge in [-0.15, -0.1) is 0 Å². The second kappa shape index (κ2) is 5.39. The standard InChI is InChI=1S/C17H18N2O/c18-9-7-13-3-6-17-15(11-13)8-10-19(17)12-14-1-4-16(20)5-2-14/h1-6,8,10-11,20H,7,9,12,18H2. The third-order valence-corrected chi connectivity index (χ3v) is 3.56. The third kappa shape index (κ3) is 2.53. The van der Waals surface area contributed by atoms with Crippen molar-refractivity contribution < 1.29 is 5.11 Å². The van der Waals surface area contributed by atoms with Crippen molar-refractivity contribution in [2.45, 2.75) is 13.0 Å². The van der Waals surface area contributed by atoms with Crippen molar-refractivity contribution in [2.75, 3.05) is 6.54 Å². The third-order valence-electron chi connectivity index (χ3n) is 3.56. The van der Waals surface area contributed by atoms with Gasteiger partial charge >= 0.3 is 0 Å². The lowest BCUT2D eigenvalue weighted by atomic mass is 10.1. The lowest BCUT2D eigenvalue weighted by molar-refractivity contribution is 0.475. The summed E-state index contributed by atoms with van der Waals surface area (Å²) in [6.45, 7) is 1.49. The average molecular weight is 266 g/mol. The van der Waals surface area contributed by atoms with Gasteiger partial charge in [-0.2, -0.15) is 0 Å². The van der Waals surface area contributed by atoms with Gasteiger partial charge in [0.05, 0.1) is 0 Å². The van der Waals surface area contributed by atoms with Crippen molar-refractivity contribution >= 4 is 10.9 Å². The molecular weight excluding hydrogens is 248 g/mol. The smallest absolute Gasteiger partial charge is 0.115 e. The number of fused-ring (bicyclic) bond motifs is 1. The maximum atomic E-state index is 9.32. The number of benzene rings is 2. The summed E-state index contributed by atoms with van der Waals surface area (Å²) < 4.78 is 2.22. The molecule has 0 fully saturated rings. The van der Waals surface area contributed by atoms with Crippen molar-refractivity contribution in [2.24, 2.45) is 5.73 Å². The summed E-state index contributed by atoms with van der Waals surface area (Å²) in [5.74, 6) is 0.303. The number of rotatable bonds is 4. The van der Waals surface area contributed by atoms with E-state index in [1.807, 2.05) is 12.1 Å². The molecule has 0 aliphatic heterocycles. The molecule has 0 bridgehead atoms. The minimum absolute atomic E-state index is 0.303. The highest BCUT2D eigenvalue weighted by molar-refractivity contribution is 5.81. The Labute approximate surface area is 118 Å². The van der Waals surface area contributed by atoms with E-state index in [0.717, 1.165) is 13.0 Å². The van der Waals surface area contributed by atoms with Crippen LogP contribution in [0, 0.1) is 0 Å². The van der Waals surface area contributed by atoms with Gasteiger partial charge in [0.2, 0.25) is 0 Å². The summed E-state index contributed by atoms with van der Waals surface area (Å²) >= 11 is 0. The molecule has 0 unspecified atom stereocenters. The van der Waals surface area contributed by atoms with E-state index in [1.54, 1.807) is 12.1 Å². The van der Waals surface area contributed by atoms with Gasteiger partial charge in [-0.25, -0.2) is 0 Å². The normalized spacial score (nSPS) is 11.1. The van der Waals surface area contributed by atoms with Crippen LogP contribution >= 0.6 is 0 Å². The summed E-state index contributed by atoms with van der Waals surface area (Å²) in [6, 6.07) is 16.0. The summed E-state index contributed by atoms with van der Waals surface area (Å²) in [4.78, 5) is 0. The van der Waals surface area contributed by atoms with Gasteiger partial charge in [-0.1, -0.05) is 18.2 Å². The molecule has 3 nitrogen and oxygen atoms in total. The van der Waals surface area contributed by atoms with Gasteiger partial charge in [-0.05, 0) is 59.8 Å². The van der Waals surface area contributed by atoms with Crippen LogP contribution in [0.15, 0.2) is 54.7 Å². The van der Waals surface area contributed by atoms with E-state index in [2.05, 4.69) is 35.0 Å². The molecule has 0 amide bonds. The Bertz CT molecular complexity index is 713. The Morgan fingerprint density at radius 2 is 1.70 bits per heavy atom. The number of nitrogens with two attached hydrogens (primary N) is 1. The van der Waals surface area contributed by atoms with Crippen LogP contribution in [0.25, 0.3) is 10.9 Å². The van der Waals surface area contributed by atoms with Gasteiger partial charge in [0.15, 0.2) is 0 Å². The number of phenolic OH excluding ortho intramolecular Hbond substituents is 1. The fraction of sp³-hybridized carbons (Fsp3) is 0.176. The Balaban J connectivity index is 1.90. The van der Waals surface area contributed by atoms with E-state index in [-0.39, 0.29) is 0 Å². The zero-order valence-corrected chi connectivity index (χ0v) is 11.3. The second-order valence-corrected chi connectivity index (χ2v) is 5.04. The van der Waals surface area contributed by atoms with Crippen LogP contribution in [0.1, 0.15) is 11.1 Å². The molecule has 2 aromatic carbocycles. The van der Waals surface area contributed by atoms with E-state index in [9.17, 15) is 5.11 Å². The SMILES string of the molecule is NCCc1ccc2c(ccn2Cc2ccc(O)cc2)c1. The average Bonchev–Trinajstić information content (AvgIpc) is 2.84. The van der Waals surface area contributed by atoms with Crippen molar-refractivity contribution in [1.29, 1.82) is 0 Å². The predicted octanol–water partition coefficient (Wildman–Crippen LogP) is 2.90. The first kappa shape index (κ1) is 12.8. The van der Waals surface area contributed by atoms with Gasteiger partial charge in [0.1, 0.15) is 5.75 Å². The Hall–Kier alpha value is -2.26. The first-order valence-electron chi connectivity index (χ1n) is 6.82. The number of aromatic hydroxyl groups is 1. The Kier molecular flexibility index (Phi) is 3.44. The molecule has 0 saturated heterocycles. The van der Waals surface area contributed by atoms with E-state index >= 15 is 0 Å². The van der Waals surface area contributed by atoms with Crippen molar-refractivity contribution in [3.63, 3.8) is 0 Å². The van der Waals surface area contributed by atoms with E-state index in [4.69, 9.17) is 5.73 Å².